The Morgan fingerprint density at radius 3 is 2.63 bits per heavy atom. The number of carbonyl (C=O) groups is 2. The molecule has 2 heterocycles. The third kappa shape index (κ3) is 6.96. The number of unbranched alkanes of at least 4 members (excludes halogenated alkanes) is 1. The number of carbonyl (C=O) groups excluding carboxylic acids is 2. The van der Waals surface area contributed by atoms with Crippen LogP contribution in [0, 0.1) is 0 Å². The fourth-order valence-corrected chi connectivity index (χ4v) is 6.38. The van der Waals surface area contributed by atoms with Crippen LogP contribution in [0.4, 0.5) is 11.4 Å². The second kappa shape index (κ2) is 10.9. The molecule has 0 bridgehead atoms. The van der Waals surface area contributed by atoms with E-state index in [4.69, 9.17) is 4.74 Å². The minimum atomic E-state index is -0.295. The molecule has 1 aromatic carbocycles. The van der Waals surface area contributed by atoms with Crippen LogP contribution in [0.5, 0.6) is 0 Å². The SMILES string of the molecule is O=C(COC(=O)CCCC[C@H]1CCSS1)Nc1ccc(N2CCCC2)cc1. The maximum atomic E-state index is 12.0. The second-order valence-corrected chi connectivity index (χ2v) is 9.81. The molecule has 0 spiro atoms. The zero-order valence-electron chi connectivity index (χ0n) is 15.7. The first kappa shape index (κ1) is 20.4. The summed E-state index contributed by atoms with van der Waals surface area (Å²) >= 11 is 0. The van der Waals surface area contributed by atoms with Gasteiger partial charge in [0, 0.05) is 41.9 Å². The molecular formula is C20H28N2O3S2. The summed E-state index contributed by atoms with van der Waals surface area (Å²) in [5, 5.41) is 3.52. The van der Waals surface area contributed by atoms with Crippen LogP contribution in [-0.4, -0.2) is 42.6 Å². The van der Waals surface area contributed by atoms with Crippen molar-refractivity contribution < 1.29 is 14.3 Å². The second-order valence-electron chi connectivity index (χ2n) is 7.02. The van der Waals surface area contributed by atoms with Crippen LogP contribution < -0.4 is 10.2 Å². The van der Waals surface area contributed by atoms with E-state index < -0.39 is 0 Å². The van der Waals surface area contributed by atoms with E-state index in [0.717, 1.165) is 36.9 Å². The minimum Gasteiger partial charge on any atom is -0.456 e. The van der Waals surface area contributed by atoms with Crippen LogP contribution in [0.3, 0.4) is 0 Å². The Labute approximate surface area is 169 Å². The molecule has 3 rings (SSSR count). The molecule has 148 valence electrons. The van der Waals surface area contributed by atoms with Crippen LogP contribution in [0.15, 0.2) is 24.3 Å². The van der Waals surface area contributed by atoms with Gasteiger partial charge in [0.05, 0.1) is 0 Å². The Hall–Kier alpha value is -1.34. The predicted octanol–water partition coefficient (Wildman–Crippen LogP) is 4.48. The number of amides is 1. The molecule has 2 aliphatic heterocycles. The highest BCUT2D eigenvalue weighted by Crippen LogP contribution is 2.39. The number of anilines is 2. The summed E-state index contributed by atoms with van der Waals surface area (Å²) in [4.78, 5) is 26.1. The topological polar surface area (TPSA) is 58.6 Å². The van der Waals surface area contributed by atoms with Gasteiger partial charge in [-0.3, -0.25) is 9.59 Å². The summed E-state index contributed by atoms with van der Waals surface area (Å²) in [6.07, 6.45) is 7.19. The molecule has 1 atom stereocenters. The van der Waals surface area contributed by atoms with Crippen molar-refractivity contribution in [1.82, 2.24) is 0 Å². The van der Waals surface area contributed by atoms with Crippen LogP contribution in [-0.2, 0) is 14.3 Å². The molecule has 5 nitrogen and oxygen atoms in total. The lowest BCUT2D eigenvalue weighted by atomic mass is 10.1. The van der Waals surface area contributed by atoms with Gasteiger partial charge in [-0.15, -0.1) is 0 Å². The fourth-order valence-electron chi connectivity index (χ4n) is 3.35. The Kier molecular flexibility index (Phi) is 8.20. The molecule has 1 N–H and O–H groups in total. The van der Waals surface area contributed by atoms with Gasteiger partial charge >= 0.3 is 5.97 Å². The normalized spacial score (nSPS) is 19.3. The van der Waals surface area contributed by atoms with Gasteiger partial charge in [0.1, 0.15) is 0 Å². The summed E-state index contributed by atoms with van der Waals surface area (Å²) < 4.78 is 5.08. The Bertz CT molecular complexity index is 612. The van der Waals surface area contributed by atoms with E-state index in [9.17, 15) is 9.59 Å². The van der Waals surface area contributed by atoms with Crippen molar-refractivity contribution >= 4 is 44.8 Å². The zero-order valence-corrected chi connectivity index (χ0v) is 17.3. The van der Waals surface area contributed by atoms with Crippen LogP contribution in [0.2, 0.25) is 0 Å². The van der Waals surface area contributed by atoms with Gasteiger partial charge < -0.3 is 15.0 Å². The number of hydrogen-bond acceptors (Lipinski definition) is 6. The van der Waals surface area contributed by atoms with Crippen molar-refractivity contribution in [2.24, 2.45) is 0 Å². The van der Waals surface area contributed by atoms with Gasteiger partial charge in [-0.25, -0.2) is 0 Å². The molecule has 1 aromatic rings. The fraction of sp³-hybridized carbons (Fsp3) is 0.600. The maximum Gasteiger partial charge on any atom is 0.306 e. The molecule has 2 fully saturated rings. The summed E-state index contributed by atoms with van der Waals surface area (Å²) in [6, 6.07) is 7.83. The van der Waals surface area contributed by atoms with Crippen molar-refractivity contribution in [2.75, 3.05) is 35.7 Å². The summed E-state index contributed by atoms with van der Waals surface area (Å²) in [6.45, 7) is 1.97. The lowest BCUT2D eigenvalue weighted by Crippen LogP contribution is -2.21. The number of esters is 1. The Balaban J connectivity index is 1.28. The van der Waals surface area contributed by atoms with Crippen LogP contribution in [0.25, 0.3) is 0 Å². The van der Waals surface area contributed by atoms with Gasteiger partial charge in [-0.2, -0.15) is 0 Å². The van der Waals surface area contributed by atoms with E-state index in [1.807, 2.05) is 45.9 Å². The Morgan fingerprint density at radius 2 is 1.93 bits per heavy atom. The van der Waals surface area contributed by atoms with E-state index in [1.54, 1.807) is 0 Å². The van der Waals surface area contributed by atoms with Crippen molar-refractivity contribution in [3.63, 3.8) is 0 Å². The van der Waals surface area contributed by atoms with Gasteiger partial charge in [-0.05, 0) is 56.4 Å². The highest BCUT2D eigenvalue weighted by molar-refractivity contribution is 8.77. The van der Waals surface area contributed by atoms with E-state index >= 15 is 0 Å². The average Bonchev–Trinajstić information content (AvgIpc) is 3.38. The summed E-state index contributed by atoms with van der Waals surface area (Å²) in [7, 11) is 3.91. The molecule has 1 amide bonds. The highest BCUT2D eigenvalue weighted by Gasteiger charge is 2.16. The standard InChI is InChI=1S/C20H28N2O3S2/c23-19(15-25-20(24)6-2-1-5-18-11-14-26-27-18)21-16-7-9-17(10-8-16)22-12-3-4-13-22/h7-10,18H,1-6,11-15H2,(H,21,23)/t18-/m0/s1. The first-order valence-corrected chi connectivity index (χ1v) is 12.2. The van der Waals surface area contributed by atoms with E-state index in [1.165, 1.54) is 37.1 Å². The molecule has 27 heavy (non-hydrogen) atoms. The number of hydrogen-bond donors (Lipinski definition) is 1. The third-order valence-corrected chi connectivity index (χ3v) is 7.88. The quantitative estimate of drug-likeness (QED) is 0.369. The lowest BCUT2D eigenvalue weighted by Gasteiger charge is -2.17. The number of rotatable bonds is 9. The minimum absolute atomic E-state index is 0.220. The van der Waals surface area contributed by atoms with Gasteiger partial charge in [-0.1, -0.05) is 28.0 Å². The molecule has 2 saturated heterocycles. The monoisotopic (exact) mass is 408 g/mol. The number of nitrogens with zero attached hydrogens (tertiary/aromatic N) is 1. The molecule has 0 unspecified atom stereocenters. The summed E-state index contributed by atoms with van der Waals surface area (Å²) in [5.74, 6) is 0.660. The molecule has 2 aliphatic rings. The van der Waals surface area contributed by atoms with Crippen LogP contribution in [0.1, 0.15) is 44.9 Å². The Morgan fingerprint density at radius 1 is 1.15 bits per heavy atom. The first-order chi connectivity index (χ1) is 13.2. The number of ether oxygens (including phenoxy) is 1. The third-order valence-electron chi connectivity index (χ3n) is 4.87. The van der Waals surface area contributed by atoms with Crippen molar-refractivity contribution in [3.05, 3.63) is 24.3 Å². The molecule has 0 radical (unpaired) electrons. The number of benzene rings is 1. The number of nitrogens with one attached hydrogen (secondary N) is 1. The van der Waals surface area contributed by atoms with Crippen molar-refractivity contribution in [2.45, 2.75) is 50.2 Å². The molecule has 7 heteroatoms. The zero-order chi connectivity index (χ0) is 18.9. The molecule has 0 aliphatic carbocycles. The average molecular weight is 409 g/mol. The maximum absolute atomic E-state index is 12.0. The predicted molar refractivity (Wildman–Crippen MR) is 114 cm³/mol. The van der Waals surface area contributed by atoms with Crippen LogP contribution >= 0.6 is 21.6 Å². The van der Waals surface area contributed by atoms with Crippen molar-refractivity contribution in [1.29, 1.82) is 0 Å². The van der Waals surface area contributed by atoms with Gasteiger partial charge in [0.15, 0.2) is 6.61 Å². The highest BCUT2D eigenvalue weighted by atomic mass is 33.1. The van der Waals surface area contributed by atoms with Crippen molar-refractivity contribution in [3.8, 4) is 0 Å². The lowest BCUT2D eigenvalue weighted by molar-refractivity contribution is -0.147. The van der Waals surface area contributed by atoms with E-state index in [-0.39, 0.29) is 18.5 Å². The van der Waals surface area contributed by atoms with E-state index in [2.05, 4.69) is 10.2 Å². The summed E-state index contributed by atoms with van der Waals surface area (Å²) in [5.41, 5.74) is 1.91. The first-order valence-electron chi connectivity index (χ1n) is 9.79. The molecule has 0 saturated carbocycles. The molecule has 0 aromatic heterocycles. The largest absolute Gasteiger partial charge is 0.456 e. The molecular weight excluding hydrogens is 380 g/mol. The smallest absolute Gasteiger partial charge is 0.306 e. The van der Waals surface area contributed by atoms with E-state index in [0.29, 0.717) is 6.42 Å². The van der Waals surface area contributed by atoms with Gasteiger partial charge in [0.25, 0.3) is 5.91 Å². The van der Waals surface area contributed by atoms with Gasteiger partial charge in [0.2, 0.25) is 0 Å².